The Morgan fingerprint density at radius 2 is 1.25 bits per heavy atom. The van der Waals surface area contributed by atoms with Crippen LogP contribution < -0.4 is 3.80 Å². The van der Waals surface area contributed by atoms with E-state index in [1.165, 1.54) is 0 Å². The Balaban J connectivity index is -0.000000125. The number of hydrogen-bond donors (Lipinski definition) is 1. The molecule has 1 nitrogen and oxygen atoms in total. The summed E-state index contributed by atoms with van der Waals surface area (Å²) in [6.45, 7) is 6.40. The van der Waals surface area contributed by atoms with Crippen LogP contribution in [-0.4, -0.2) is 5.54 Å². The smallest absolute Gasteiger partial charge is 0.147 e. The van der Waals surface area contributed by atoms with Crippen molar-refractivity contribution in [2.24, 2.45) is 0 Å². The van der Waals surface area contributed by atoms with Crippen LogP contribution in [0.4, 0.5) is 0 Å². The second kappa shape index (κ2) is 6.38. The normalized spacial score (nSPS) is 8.75. The summed E-state index contributed by atoms with van der Waals surface area (Å²) in [6, 6.07) is 0. The summed E-state index contributed by atoms with van der Waals surface area (Å²) in [4.78, 5) is 0. The van der Waals surface area contributed by atoms with Crippen LogP contribution in [0.15, 0.2) is 0 Å². The van der Waals surface area contributed by atoms with Gasteiger partial charge in [0.2, 0.25) is 0 Å². The monoisotopic (exact) mass is 192 g/mol. The van der Waals surface area contributed by atoms with Crippen molar-refractivity contribution in [3.8, 4) is 0 Å². The van der Waals surface area contributed by atoms with Crippen molar-refractivity contribution >= 4 is 24.8 Å². The first-order valence-corrected chi connectivity index (χ1v) is 2.78. The van der Waals surface area contributed by atoms with E-state index in [4.69, 9.17) is 0 Å². The fourth-order valence-electron chi connectivity index (χ4n) is 0. The molecule has 0 saturated heterocycles. The first-order chi connectivity index (χ1) is 2.56. The minimum absolute atomic E-state index is 0. The quantitative estimate of drug-likeness (QED) is 0.577. The van der Waals surface area contributed by atoms with Crippen LogP contribution in [0.3, 0.4) is 0 Å². The maximum Gasteiger partial charge on any atom is -0.147 e. The molecule has 4 heteroatoms. The zero-order valence-corrected chi connectivity index (χ0v) is 8.51. The maximum atomic E-state index is 3.10. The van der Waals surface area contributed by atoms with E-state index < -0.39 is 0 Å². The molecule has 0 aliphatic carbocycles. The van der Waals surface area contributed by atoms with Crippen LogP contribution in [-0.2, 0) is 20.7 Å². The molecule has 0 aliphatic rings. The molecule has 0 fully saturated rings. The molecule has 0 unspecified atom stereocenters. The standard InChI is InChI=1S/C4H10N.2ClH.Ti/c1-4(2,3)5;;;/h5H,1-3H3;2*1H;/q-1;;;+1. The van der Waals surface area contributed by atoms with Crippen molar-refractivity contribution in [3.05, 3.63) is 0 Å². The summed E-state index contributed by atoms with van der Waals surface area (Å²) in [6.07, 6.45) is 0. The van der Waals surface area contributed by atoms with Crippen molar-refractivity contribution in [2.75, 3.05) is 0 Å². The minimum Gasteiger partial charge on any atom is -0.147 e. The number of nitrogens with one attached hydrogen (secondary N) is 1. The van der Waals surface area contributed by atoms with Gasteiger partial charge in [-0.05, 0) is 0 Å². The molecule has 0 rings (SSSR count). The van der Waals surface area contributed by atoms with Gasteiger partial charge in [0.1, 0.15) is 0 Å². The molecule has 0 radical (unpaired) electrons. The Kier molecular flexibility index (Phi) is 12.8. The number of hydrogen-bond acceptors (Lipinski definition) is 1. The van der Waals surface area contributed by atoms with Crippen molar-refractivity contribution < 1.29 is 20.7 Å². The molecule has 0 spiro atoms. The number of halogens is 2. The first kappa shape index (κ1) is 16.1. The number of rotatable bonds is 0. The van der Waals surface area contributed by atoms with E-state index in [2.05, 4.69) is 24.6 Å². The van der Waals surface area contributed by atoms with Crippen molar-refractivity contribution in [1.82, 2.24) is 3.80 Å². The van der Waals surface area contributed by atoms with Crippen LogP contribution in [0.5, 0.6) is 0 Å². The molecular formula is C4H12Cl2NTi. The Bertz CT molecular complexity index is 43.8. The molecule has 0 aromatic carbocycles. The fourth-order valence-corrected chi connectivity index (χ4v) is 0. The predicted molar refractivity (Wildman–Crippen MR) is 37.4 cm³/mol. The summed E-state index contributed by atoms with van der Waals surface area (Å²) < 4.78 is 3.10. The average Bonchev–Trinajstić information content (AvgIpc) is 1.35. The summed E-state index contributed by atoms with van der Waals surface area (Å²) in [5, 5.41) is 0. The minimum atomic E-state index is 0. The van der Waals surface area contributed by atoms with Gasteiger partial charge in [0.25, 0.3) is 0 Å². The molecule has 0 aromatic heterocycles. The fraction of sp³-hybridized carbons (Fsp3) is 1.00. The first-order valence-electron chi connectivity index (χ1n) is 2.00. The maximum absolute atomic E-state index is 3.10. The molecule has 0 heterocycles. The molecule has 0 aromatic rings. The van der Waals surface area contributed by atoms with Gasteiger partial charge < -0.3 is 0 Å². The van der Waals surface area contributed by atoms with E-state index in [0.717, 1.165) is 0 Å². The molecule has 0 bridgehead atoms. The third-order valence-electron chi connectivity index (χ3n) is 0.375. The average molecular weight is 193 g/mol. The topological polar surface area (TPSA) is 12.0 Å². The van der Waals surface area contributed by atoms with Gasteiger partial charge in [0, 0.05) is 0 Å². The van der Waals surface area contributed by atoms with Gasteiger partial charge in [0.15, 0.2) is 0 Å². The molecule has 1 N–H and O–H groups in total. The van der Waals surface area contributed by atoms with Crippen molar-refractivity contribution in [2.45, 2.75) is 26.3 Å². The second-order valence-corrected chi connectivity index (χ2v) is 2.77. The van der Waals surface area contributed by atoms with Crippen LogP contribution in [0.2, 0.25) is 0 Å². The molecule has 51 valence electrons. The van der Waals surface area contributed by atoms with Gasteiger partial charge >= 0.3 is 50.8 Å². The SMILES string of the molecule is CC(C)(C)[NH][Ti].Cl.Cl. The summed E-state index contributed by atoms with van der Waals surface area (Å²) >= 11 is 1.96. The Hall–Kier alpha value is 1.25. The van der Waals surface area contributed by atoms with Crippen LogP contribution in [0.1, 0.15) is 20.8 Å². The third kappa shape index (κ3) is 15.7. The third-order valence-corrected chi connectivity index (χ3v) is 1.55. The van der Waals surface area contributed by atoms with Gasteiger partial charge in [-0.1, -0.05) is 0 Å². The summed E-state index contributed by atoms with van der Waals surface area (Å²) in [5.74, 6) is 0. The van der Waals surface area contributed by atoms with E-state index in [0.29, 0.717) is 5.54 Å². The Labute approximate surface area is 75.5 Å². The van der Waals surface area contributed by atoms with Gasteiger partial charge in [0.05, 0.1) is 0 Å². The van der Waals surface area contributed by atoms with Crippen LogP contribution in [0, 0.1) is 0 Å². The van der Waals surface area contributed by atoms with Crippen molar-refractivity contribution in [1.29, 1.82) is 0 Å². The van der Waals surface area contributed by atoms with Crippen LogP contribution >= 0.6 is 24.8 Å². The molecule has 0 saturated carbocycles. The van der Waals surface area contributed by atoms with Crippen LogP contribution in [0.25, 0.3) is 0 Å². The molecular weight excluding hydrogens is 181 g/mol. The Morgan fingerprint density at radius 3 is 1.25 bits per heavy atom. The summed E-state index contributed by atoms with van der Waals surface area (Å²) in [7, 11) is 0. The van der Waals surface area contributed by atoms with E-state index in [9.17, 15) is 0 Å². The molecule has 0 atom stereocenters. The zero-order valence-electron chi connectivity index (χ0n) is 5.32. The van der Waals surface area contributed by atoms with E-state index in [1.54, 1.807) is 0 Å². The molecule has 8 heavy (non-hydrogen) atoms. The molecule has 0 aliphatic heterocycles. The Morgan fingerprint density at radius 1 is 1.12 bits per heavy atom. The largest absolute Gasteiger partial charge is 0.147 e. The van der Waals surface area contributed by atoms with Gasteiger partial charge in [-0.2, -0.15) is 0 Å². The second-order valence-electron chi connectivity index (χ2n) is 2.38. The zero-order chi connectivity index (χ0) is 5.21. The predicted octanol–water partition coefficient (Wildman–Crippen LogP) is 1.68. The van der Waals surface area contributed by atoms with Gasteiger partial charge in [-0.3, -0.25) is 0 Å². The van der Waals surface area contributed by atoms with E-state index in [1.807, 2.05) is 20.7 Å². The van der Waals surface area contributed by atoms with E-state index in [-0.39, 0.29) is 24.8 Å². The van der Waals surface area contributed by atoms with E-state index >= 15 is 0 Å². The van der Waals surface area contributed by atoms with Gasteiger partial charge in [-0.15, -0.1) is 24.8 Å². The summed E-state index contributed by atoms with van der Waals surface area (Å²) in [5.41, 5.74) is 0.292. The van der Waals surface area contributed by atoms with Gasteiger partial charge in [-0.25, -0.2) is 0 Å². The van der Waals surface area contributed by atoms with Crippen molar-refractivity contribution in [3.63, 3.8) is 0 Å². The molecule has 0 amide bonds.